The van der Waals surface area contributed by atoms with Crippen LogP contribution in [0.5, 0.6) is 0 Å². The Bertz CT molecular complexity index is 775. The van der Waals surface area contributed by atoms with E-state index in [-0.39, 0.29) is 0 Å². The minimum Gasteiger partial charge on any atom is -0.338 e. The van der Waals surface area contributed by atoms with Crippen LogP contribution in [0.1, 0.15) is 11.3 Å². The van der Waals surface area contributed by atoms with Crippen molar-refractivity contribution in [3.8, 4) is 11.4 Å². The molecule has 0 atom stereocenters. The third-order valence-corrected chi connectivity index (χ3v) is 3.07. The standard InChI is InChI=1S/C14H10F3N3/c1-8-10(3-2-6-18-8)13-19-11-5-4-9(14(15,16)17)7-12(11)20-13/h2-7H,1H3,(H,19,20). The summed E-state index contributed by atoms with van der Waals surface area (Å²) in [5.41, 5.74) is 1.71. The predicted octanol–water partition coefficient (Wildman–Crippen LogP) is 3.95. The van der Waals surface area contributed by atoms with Crippen LogP contribution < -0.4 is 0 Å². The first-order chi connectivity index (χ1) is 9.45. The first-order valence-electron chi connectivity index (χ1n) is 5.94. The second kappa shape index (κ2) is 4.33. The van der Waals surface area contributed by atoms with Crippen LogP contribution in [-0.4, -0.2) is 15.0 Å². The number of hydrogen-bond donors (Lipinski definition) is 1. The molecule has 0 aliphatic heterocycles. The number of fused-ring (bicyclic) bond motifs is 1. The Hall–Kier alpha value is -2.37. The molecule has 0 fully saturated rings. The molecule has 0 amide bonds. The lowest BCUT2D eigenvalue weighted by Crippen LogP contribution is -2.04. The number of pyridine rings is 1. The maximum Gasteiger partial charge on any atom is 0.416 e. The molecule has 0 saturated carbocycles. The summed E-state index contributed by atoms with van der Waals surface area (Å²) in [4.78, 5) is 11.4. The summed E-state index contributed by atoms with van der Waals surface area (Å²) in [6.45, 7) is 1.82. The molecule has 1 aromatic carbocycles. The average molecular weight is 277 g/mol. The van der Waals surface area contributed by atoms with E-state index in [1.807, 2.05) is 13.0 Å². The van der Waals surface area contributed by atoms with Gasteiger partial charge >= 0.3 is 6.18 Å². The normalized spacial score (nSPS) is 12.0. The zero-order chi connectivity index (χ0) is 14.3. The van der Waals surface area contributed by atoms with Crippen molar-refractivity contribution in [2.24, 2.45) is 0 Å². The van der Waals surface area contributed by atoms with E-state index in [1.54, 1.807) is 12.3 Å². The Morgan fingerprint density at radius 3 is 2.65 bits per heavy atom. The maximum atomic E-state index is 12.7. The molecule has 3 rings (SSSR count). The number of aryl methyl sites for hydroxylation is 1. The van der Waals surface area contributed by atoms with Crippen LogP contribution in [0.2, 0.25) is 0 Å². The minimum atomic E-state index is -4.36. The number of H-pyrrole nitrogens is 1. The van der Waals surface area contributed by atoms with Gasteiger partial charge in [0.1, 0.15) is 5.82 Å². The minimum absolute atomic E-state index is 0.359. The summed E-state index contributed by atoms with van der Waals surface area (Å²) in [5.74, 6) is 0.518. The second-order valence-corrected chi connectivity index (χ2v) is 4.45. The van der Waals surface area contributed by atoms with E-state index >= 15 is 0 Å². The quantitative estimate of drug-likeness (QED) is 0.731. The number of imidazole rings is 1. The van der Waals surface area contributed by atoms with Crippen molar-refractivity contribution in [3.05, 3.63) is 47.8 Å². The van der Waals surface area contributed by atoms with Crippen molar-refractivity contribution in [1.82, 2.24) is 15.0 Å². The van der Waals surface area contributed by atoms with Gasteiger partial charge in [0, 0.05) is 17.5 Å². The summed E-state index contributed by atoms with van der Waals surface area (Å²) < 4.78 is 38.0. The molecule has 0 saturated heterocycles. The van der Waals surface area contributed by atoms with Gasteiger partial charge in [-0.1, -0.05) is 0 Å². The first kappa shape index (κ1) is 12.7. The van der Waals surface area contributed by atoms with Gasteiger partial charge in [0.05, 0.1) is 16.6 Å². The van der Waals surface area contributed by atoms with Gasteiger partial charge in [0.25, 0.3) is 0 Å². The number of benzene rings is 1. The molecule has 0 aliphatic rings. The molecule has 2 heterocycles. The average Bonchev–Trinajstić information content (AvgIpc) is 2.80. The molecule has 6 heteroatoms. The van der Waals surface area contributed by atoms with E-state index < -0.39 is 11.7 Å². The SMILES string of the molecule is Cc1ncccc1-c1nc2ccc(C(F)(F)F)cc2[nH]1. The van der Waals surface area contributed by atoms with Gasteiger partial charge in [-0.25, -0.2) is 4.98 Å². The van der Waals surface area contributed by atoms with E-state index in [0.717, 1.165) is 23.4 Å². The second-order valence-electron chi connectivity index (χ2n) is 4.45. The topological polar surface area (TPSA) is 41.6 Å². The van der Waals surface area contributed by atoms with Crippen molar-refractivity contribution in [2.75, 3.05) is 0 Å². The first-order valence-corrected chi connectivity index (χ1v) is 5.94. The Morgan fingerprint density at radius 2 is 1.95 bits per heavy atom. The number of nitrogens with one attached hydrogen (secondary N) is 1. The molecule has 1 N–H and O–H groups in total. The number of aromatic nitrogens is 3. The van der Waals surface area contributed by atoms with E-state index in [1.165, 1.54) is 6.07 Å². The van der Waals surface area contributed by atoms with Crippen molar-refractivity contribution in [2.45, 2.75) is 13.1 Å². The molecule has 0 bridgehead atoms. The number of halogens is 3. The molecule has 3 nitrogen and oxygen atoms in total. The summed E-state index contributed by atoms with van der Waals surface area (Å²) >= 11 is 0. The molecule has 0 aliphatic carbocycles. The Balaban J connectivity index is 2.14. The Morgan fingerprint density at radius 1 is 1.15 bits per heavy atom. The largest absolute Gasteiger partial charge is 0.416 e. The highest BCUT2D eigenvalue weighted by molar-refractivity contribution is 5.80. The lowest BCUT2D eigenvalue weighted by atomic mass is 10.2. The highest BCUT2D eigenvalue weighted by Crippen LogP contribution is 2.31. The van der Waals surface area contributed by atoms with E-state index in [9.17, 15) is 13.2 Å². The monoisotopic (exact) mass is 277 g/mol. The number of nitrogens with zero attached hydrogens (tertiary/aromatic N) is 2. The molecule has 0 spiro atoms. The van der Waals surface area contributed by atoms with Gasteiger partial charge in [-0.05, 0) is 37.3 Å². The molecular weight excluding hydrogens is 267 g/mol. The van der Waals surface area contributed by atoms with Gasteiger partial charge in [-0.2, -0.15) is 13.2 Å². The predicted molar refractivity (Wildman–Crippen MR) is 69.1 cm³/mol. The number of rotatable bonds is 1. The summed E-state index contributed by atoms with van der Waals surface area (Å²) in [6.07, 6.45) is -2.70. The zero-order valence-corrected chi connectivity index (χ0v) is 10.5. The fraction of sp³-hybridized carbons (Fsp3) is 0.143. The molecule has 0 radical (unpaired) electrons. The third kappa shape index (κ3) is 2.13. The van der Waals surface area contributed by atoms with Gasteiger partial charge in [0.15, 0.2) is 0 Å². The van der Waals surface area contributed by atoms with Crippen molar-refractivity contribution in [1.29, 1.82) is 0 Å². The summed E-state index contributed by atoms with van der Waals surface area (Å²) in [5, 5.41) is 0. The van der Waals surface area contributed by atoms with Crippen LogP contribution in [0.4, 0.5) is 13.2 Å². The molecule has 3 aromatic rings. The van der Waals surface area contributed by atoms with E-state index in [2.05, 4.69) is 15.0 Å². The van der Waals surface area contributed by atoms with Crippen LogP contribution >= 0.6 is 0 Å². The summed E-state index contributed by atoms with van der Waals surface area (Å²) in [6, 6.07) is 7.05. The molecule has 0 unspecified atom stereocenters. The highest BCUT2D eigenvalue weighted by atomic mass is 19.4. The summed E-state index contributed by atoms with van der Waals surface area (Å²) in [7, 11) is 0. The van der Waals surface area contributed by atoms with Gasteiger partial charge < -0.3 is 4.98 Å². The number of hydrogen-bond acceptors (Lipinski definition) is 2. The highest BCUT2D eigenvalue weighted by Gasteiger charge is 2.30. The van der Waals surface area contributed by atoms with E-state index in [4.69, 9.17) is 0 Å². The number of alkyl halides is 3. The molecular formula is C14H10F3N3. The van der Waals surface area contributed by atoms with Crippen LogP contribution in [0, 0.1) is 6.92 Å². The van der Waals surface area contributed by atoms with Gasteiger partial charge in [-0.3, -0.25) is 4.98 Å². The smallest absolute Gasteiger partial charge is 0.338 e. The molecule has 102 valence electrons. The van der Waals surface area contributed by atoms with Crippen LogP contribution in [0.3, 0.4) is 0 Å². The van der Waals surface area contributed by atoms with Crippen molar-refractivity contribution in [3.63, 3.8) is 0 Å². The van der Waals surface area contributed by atoms with Crippen LogP contribution in [-0.2, 0) is 6.18 Å². The van der Waals surface area contributed by atoms with Gasteiger partial charge in [-0.15, -0.1) is 0 Å². The number of aromatic amines is 1. The van der Waals surface area contributed by atoms with Crippen LogP contribution in [0.15, 0.2) is 36.5 Å². The lowest BCUT2D eigenvalue weighted by molar-refractivity contribution is -0.137. The van der Waals surface area contributed by atoms with Crippen molar-refractivity contribution >= 4 is 11.0 Å². The molecule has 2 aromatic heterocycles. The Kier molecular flexibility index (Phi) is 2.74. The lowest BCUT2D eigenvalue weighted by Gasteiger charge is -2.05. The maximum absolute atomic E-state index is 12.7. The third-order valence-electron chi connectivity index (χ3n) is 3.07. The van der Waals surface area contributed by atoms with E-state index in [0.29, 0.717) is 16.9 Å². The van der Waals surface area contributed by atoms with Gasteiger partial charge in [0.2, 0.25) is 0 Å². The van der Waals surface area contributed by atoms with Crippen molar-refractivity contribution < 1.29 is 13.2 Å². The fourth-order valence-corrected chi connectivity index (χ4v) is 2.05. The molecule has 20 heavy (non-hydrogen) atoms. The Labute approximate surface area is 112 Å². The fourth-order valence-electron chi connectivity index (χ4n) is 2.05. The zero-order valence-electron chi connectivity index (χ0n) is 10.5. The van der Waals surface area contributed by atoms with Crippen LogP contribution in [0.25, 0.3) is 22.4 Å².